The Morgan fingerprint density at radius 2 is 2.30 bits per heavy atom. The number of methoxy groups -OCH3 is 1. The molecule has 1 aromatic rings. The summed E-state index contributed by atoms with van der Waals surface area (Å²) < 4.78 is 4.77. The molecule has 1 fully saturated rings. The summed E-state index contributed by atoms with van der Waals surface area (Å²) in [5.74, 6) is -0.608. The number of ether oxygens (including phenoxy) is 1. The minimum absolute atomic E-state index is 0.216. The average molecular weight is 296 g/mol. The van der Waals surface area contributed by atoms with Gasteiger partial charge in [-0.25, -0.2) is 4.79 Å². The van der Waals surface area contributed by atoms with Crippen LogP contribution in [-0.2, 0) is 20.9 Å². The fourth-order valence-electron chi connectivity index (χ4n) is 2.20. The average Bonchev–Trinajstić information content (AvgIpc) is 3.14. The summed E-state index contributed by atoms with van der Waals surface area (Å²) >= 11 is 1.67. The molecule has 20 heavy (non-hydrogen) atoms. The number of hydrogen-bond donors (Lipinski definition) is 1. The highest BCUT2D eigenvalue weighted by Gasteiger charge is 2.33. The summed E-state index contributed by atoms with van der Waals surface area (Å²) in [6.45, 7) is 2.71. The monoisotopic (exact) mass is 296 g/mol. The van der Waals surface area contributed by atoms with Gasteiger partial charge in [-0.3, -0.25) is 9.69 Å². The van der Waals surface area contributed by atoms with Crippen molar-refractivity contribution in [2.24, 2.45) is 0 Å². The number of carbonyl (C=O) groups is 2. The van der Waals surface area contributed by atoms with E-state index in [0.29, 0.717) is 12.6 Å². The summed E-state index contributed by atoms with van der Waals surface area (Å²) in [6, 6.07) is 2.00. The molecule has 0 saturated heterocycles. The van der Waals surface area contributed by atoms with Gasteiger partial charge in [0.1, 0.15) is 6.04 Å². The summed E-state index contributed by atoms with van der Waals surface area (Å²) in [5.41, 5.74) is 1.24. The Kier molecular flexibility index (Phi) is 5.14. The molecule has 1 saturated carbocycles. The minimum Gasteiger partial charge on any atom is -0.467 e. The SMILES string of the molecule is COC(=O)C(CN(Cc1ccsc1)C1CC1)NC(C)=O. The number of nitrogens with zero attached hydrogens (tertiary/aromatic N) is 1. The third kappa shape index (κ3) is 4.31. The predicted molar refractivity (Wildman–Crippen MR) is 77.4 cm³/mol. The van der Waals surface area contributed by atoms with E-state index in [2.05, 4.69) is 21.7 Å². The normalized spacial score (nSPS) is 15.9. The zero-order valence-corrected chi connectivity index (χ0v) is 12.6. The summed E-state index contributed by atoms with van der Waals surface area (Å²) in [5, 5.41) is 6.83. The van der Waals surface area contributed by atoms with E-state index in [1.807, 2.05) is 5.38 Å². The van der Waals surface area contributed by atoms with Crippen molar-refractivity contribution in [3.63, 3.8) is 0 Å². The number of amides is 1. The first kappa shape index (κ1) is 15.0. The van der Waals surface area contributed by atoms with Gasteiger partial charge in [-0.1, -0.05) is 0 Å². The van der Waals surface area contributed by atoms with Gasteiger partial charge in [0.05, 0.1) is 7.11 Å². The van der Waals surface area contributed by atoms with Crippen molar-refractivity contribution in [3.05, 3.63) is 22.4 Å². The van der Waals surface area contributed by atoms with E-state index in [1.54, 1.807) is 11.3 Å². The second kappa shape index (κ2) is 6.85. The fraction of sp³-hybridized carbons (Fsp3) is 0.571. The molecule has 0 radical (unpaired) electrons. The van der Waals surface area contributed by atoms with Gasteiger partial charge < -0.3 is 10.1 Å². The van der Waals surface area contributed by atoms with E-state index in [0.717, 1.165) is 19.4 Å². The molecule has 1 unspecified atom stereocenters. The highest BCUT2D eigenvalue weighted by molar-refractivity contribution is 7.07. The molecule has 1 N–H and O–H groups in total. The highest BCUT2D eigenvalue weighted by Crippen LogP contribution is 2.28. The van der Waals surface area contributed by atoms with Gasteiger partial charge in [0.2, 0.25) is 5.91 Å². The smallest absolute Gasteiger partial charge is 0.329 e. The standard InChI is InChI=1S/C14H20N2O3S/c1-10(17)15-13(14(18)19-2)8-16(12-3-4-12)7-11-5-6-20-9-11/h5-6,9,12-13H,3-4,7-8H2,1-2H3,(H,15,17). The Bertz CT molecular complexity index is 457. The van der Waals surface area contributed by atoms with Crippen LogP contribution in [0, 0.1) is 0 Å². The summed E-state index contributed by atoms with van der Waals surface area (Å²) in [4.78, 5) is 25.2. The van der Waals surface area contributed by atoms with Crippen molar-refractivity contribution in [1.82, 2.24) is 10.2 Å². The molecule has 1 heterocycles. The largest absolute Gasteiger partial charge is 0.467 e. The molecule has 110 valence electrons. The van der Waals surface area contributed by atoms with Crippen molar-refractivity contribution < 1.29 is 14.3 Å². The molecular formula is C14H20N2O3S. The van der Waals surface area contributed by atoms with Crippen LogP contribution in [-0.4, -0.2) is 42.5 Å². The van der Waals surface area contributed by atoms with E-state index < -0.39 is 12.0 Å². The maximum absolute atomic E-state index is 11.8. The van der Waals surface area contributed by atoms with Crippen LogP contribution in [0.3, 0.4) is 0 Å². The van der Waals surface area contributed by atoms with Gasteiger partial charge in [-0.15, -0.1) is 0 Å². The van der Waals surface area contributed by atoms with Crippen molar-refractivity contribution in [2.75, 3.05) is 13.7 Å². The molecule has 5 nitrogen and oxygen atoms in total. The number of hydrogen-bond acceptors (Lipinski definition) is 5. The Morgan fingerprint density at radius 3 is 2.80 bits per heavy atom. The number of nitrogens with one attached hydrogen (secondary N) is 1. The number of rotatable bonds is 7. The van der Waals surface area contributed by atoms with Gasteiger partial charge in [0, 0.05) is 26.1 Å². The van der Waals surface area contributed by atoms with Crippen molar-refractivity contribution in [1.29, 1.82) is 0 Å². The van der Waals surface area contributed by atoms with E-state index in [4.69, 9.17) is 4.74 Å². The van der Waals surface area contributed by atoms with Crippen LogP contribution in [0.5, 0.6) is 0 Å². The first-order valence-electron chi connectivity index (χ1n) is 6.70. The Balaban J connectivity index is 2.00. The van der Waals surface area contributed by atoms with E-state index in [-0.39, 0.29) is 5.91 Å². The van der Waals surface area contributed by atoms with Gasteiger partial charge in [0.15, 0.2) is 0 Å². The van der Waals surface area contributed by atoms with Gasteiger partial charge in [0.25, 0.3) is 0 Å². The number of thiophene rings is 1. The zero-order valence-electron chi connectivity index (χ0n) is 11.8. The van der Waals surface area contributed by atoms with E-state index in [1.165, 1.54) is 19.6 Å². The van der Waals surface area contributed by atoms with Crippen molar-refractivity contribution in [3.8, 4) is 0 Å². The second-order valence-electron chi connectivity index (χ2n) is 5.07. The Hall–Kier alpha value is -1.40. The molecule has 1 aromatic heterocycles. The first-order chi connectivity index (χ1) is 9.60. The summed E-state index contributed by atoms with van der Waals surface area (Å²) in [7, 11) is 1.34. The van der Waals surface area contributed by atoms with Gasteiger partial charge >= 0.3 is 5.97 Å². The Labute approximate surface area is 122 Å². The van der Waals surface area contributed by atoms with Crippen LogP contribution in [0.1, 0.15) is 25.3 Å². The number of esters is 1. The molecule has 0 aliphatic heterocycles. The number of carbonyl (C=O) groups excluding carboxylic acids is 2. The lowest BCUT2D eigenvalue weighted by molar-refractivity contribution is -0.145. The fourth-order valence-corrected chi connectivity index (χ4v) is 2.86. The molecule has 0 bridgehead atoms. The maximum atomic E-state index is 11.8. The molecule has 1 aliphatic carbocycles. The van der Waals surface area contributed by atoms with E-state index in [9.17, 15) is 9.59 Å². The molecule has 0 spiro atoms. The Morgan fingerprint density at radius 1 is 1.55 bits per heavy atom. The van der Waals surface area contributed by atoms with Crippen LogP contribution in [0.25, 0.3) is 0 Å². The van der Waals surface area contributed by atoms with Gasteiger partial charge in [-0.2, -0.15) is 11.3 Å². The third-order valence-corrected chi connectivity index (χ3v) is 4.04. The predicted octanol–water partition coefficient (Wildman–Crippen LogP) is 1.39. The quantitative estimate of drug-likeness (QED) is 0.773. The molecule has 6 heteroatoms. The third-order valence-electron chi connectivity index (χ3n) is 3.31. The molecule has 1 atom stereocenters. The lowest BCUT2D eigenvalue weighted by Crippen LogP contribution is -2.48. The zero-order chi connectivity index (χ0) is 14.5. The molecule has 1 aliphatic rings. The van der Waals surface area contributed by atoms with Gasteiger partial charge in [-0.05, 0) is 35.2 Å². The maximum Gasteiger partial charge on any atom is 0.329 e. The molecule has 0 aromatic carbocycles. The van der Waals surface area contributed by atoms with E-state index >= 15 is 0 Å². The van der Waals surface area contributed by atoms with Crippen molar-refractivity contribution in [2.45, 2.75) is 38.4 Å². The summed E-state index contributed by atoms with van der Waals surface area (Å²) in [6.07, 6.45) is 2.30. The molecule has 1 amide bonds. The lowest BCUT2D eigenvalue weighted by Gasteiger charge is -2.26. The lowest BCUT2D eigenvalue weighted by atomic mass is 10.2. The highest BCUT2D eigenvalue weighted by atomic mass is 32.1. The molecule has 2 rings (SSSR count). The second-order valence-corrected chi connectivity index (χ2v) is 5.85. The van der Waals surface area contributed by atoms with Crippen molar-refractivity contribution >= 4 is 23.2 Å². The van der Waals surface area contributed by atoms with Crippen LogP contribution in [0.4, 0.5) is 0 Å². The topological polar surface area (TPSA) is 58.6 Å². The first-order valence-corrected chi connectivity index (χ1v) is 7.64. The van der Waals surface area contributed by atoms with Crippen LogP contribution >= 0.6 is 11.3 Å². The minimum atomic E-state index is -0.600. The molecular weight excluding hydrogens is 276 g/mol. The van der Waals surface area contributed by atoms with Crippen LogP contribution < -0.4 is 5.32 Å². The van der Waals surface area contributed by atoms with Crippen LogP contribution in [0.2, 0.25) is 0 Å². The van der Waals surface area contributed by atoms with Crippen LogP contribution in [0.15, 0.2) is 16.8 Å².